The average molecular weight is 467 g/mol. The quantitative estimate of drug-likeness (QED) is 0.447. The number of nitrogens with two attached hydrogens (primary N) is 1. The van der Waals surface area contributed by atoms with Crippen molar-refractivity contribution in [3.8, 4) is 0 Å². The SMILES string of the molecule is NCc1ncccc1CNC(=O)c1cc(F)c(N2CCCC2)nc1NCCc1cccc(F)c1. The lowest BCUT2D eigenvalue weighted by atomic mass is 10.1. The van der Waals surface area contributed by atoms with Gasteiger partial charge in [0, 0.05) is 38.9 Å². The Morgan fingerprint density at radius 2 is 1.94 bits per heavy atom. The molecule has 0 spiro atoms. The third kappa shape index (κ3) is 5.66. The van der Waals surface area contributed by atoms with Crippen LogP contribution >= 0.6 is 0 Å². The van der Waals surface area contributed by atoms with Crippen LogP contribution in [-0.2, 0) is 19.5 Å². The molecule has 4 N–H and O–H groups in total. The van der Waals surface area contributed by atoms with Crippen LogP contribution in [0, 0.1) is 11.6 Å². The van der Waals surface area contributed by atoms with E-state index in [1.807, 2.05) is 17.0 Å². The summed E-state index contributed by atoms with van der Waals surface area (Å²) in [4.78, 5) is 23.6. The highest BCUT2D eigenvalue weighted by Gasteiger charge is 2.23. The van der Waals surface area contributed by atoms with Gasteiger partial charge in [-0.1, -0.05) is 18.2 Å². The highest BCUT2D eigenvalue weighted by atomic mass is 19.1. The van der Waals surface area contributed by atoms with E-state index in [1.54, 1.807) is 18.3 Å². The van der Waals surface area contributed by atoms with E-state index in [0.717, 1.165) is 37.1 Å². The van der Waals surface area contributed by atoms with E-state index in [4.69, 9.17) is 5.73 Å². The molecule has 2 aromatic heterocycles. The average Bonchev–Trinajstić information content (AvgIpc) is 3.38. The van der Waals surface area contributed by atoms with Crippen LogP contribution in [0.1, 0.15) is 40.0 Å². The largest absolute Gasteiger partial charge is 0.369 e. The van der Waals surface area contributed by atoms with E-state index < -0.39 is 11.7 Å². The number of amides is 1. The molecule has 1 aliphatic rings. The van der Waals surface area contributed by atoms with E-state index >= 15 is 0 Å². The Kier molecular flexibility index (Phi) is 7.64. The molecule has 1 fully saturated rings. The van der Waals surface area contributed by atoms with Crippen molar-refractivity contribution in [3.05, 3.63) is 82.7 Å². The second-order valence-electron chi connectivity index (χ2n) is 8.19. The van der Waals surface area contributed by atoms with Gasteiger partial charge < -0.3 is 21.3 Å². The van der Waals surface area contributed by atoms with Crippen molar-refractivity contribution in [2.24, 2.45) is 5.73 Å². The number of pyridine rings is 2. The third-order valence-electron chi connectivity index (χ3n) is 5.82. The Morgan fingerprint density at radius 3 is 2.71 bits per heavy atom. The first kappa shape index (κ1) is 23.6. The van der Waals surface area contributed by atoms with Crippen molar-refractivity contribution in [2.75, 3.05) is 29.9 Å². The number of hydrogen-bond acceptors (Lipinski definition) is 6. The smallest absolute Gasteiger partial charge is 0.255 e. The standard InChI is InChI=1S/C25H28F2N6O/c26-19-7-3-5-17(13-19)8-10-30-23-20(14-21(27)24(32-23)33-11-1-2-12-33)25(34)31-16-18-6-4-9-29-22(18)15-28/h3-7,9,13-14H,1-2,8,10-12,15-16,28H2,(H,30,32)(H,31,34). The number of aromatic nitrogens is 2. The number of carbonyl (C=O) groups is 1. The molecule has 4 rings (SSSR count). The van der Waals surface area contributed by atoms with Gasteiger partial charge in [-0.25, -0.2) is 13.8 Å². The topological polar surface area (TPSA) is 96.2 Å². The Balaban J connectivity index is 1.54. The Morgan fingerprint density at radius 1 is 1.12 bits per heavy atom. The first-order chi connectivity index (χ1) is 16.5. The van der Waals surface area contributed by atoms with Gasteiger partial charge in [0.2, 0.25) is 0 Å². The lowest BCUT2D eigenvalue weighted by Crippen LogP contribution is -2.27. The number of nitrogens with one attached hydrogen (secondary N) is 2. The van der Waals surface area contributed by atoms with Crippen LogP contribution in [-0.4, -0.2) is 35.5 Å². The second-order valence-corrected chi connectivity index (χ2v) is 8.19. The molecule has 0 saturated carbocycles. The zero-order valence-electron chi connectivity index (χ0n) is 18.9. The summed E-state index contributed by atoms with van der Waals surface area (Å²) in [5, 5.41) is 5.97. The number of halogens is 2. The van der Waals surface area contributed by atoms with Gasteiger partial charge in [-0.2, -0.15) is 0 Å². The van der Waals surface area contributed by atoms with Crippen LogP contribution in [0.15, 0.2) is 48.7 Å². The van der Waals surface area contributed by atoms with E-state index in [9.17, 15) is 13.6 Å². The Labute approximate surface area is 197 Å². The molecule has 3 heterocycles. The number of nitrogens with zero attached hydrogens (tertiary/aromatic N) is 3. The number of carbonyl (C=O) groups excluding carboxylic acids is 1. The zero-order valence-corrected chi connectivity index (χ0v) is 18.9. The van der Waals surface area contributed by atoms with Gasteiger partial charge in [0.1, 0.15) is 11.6 Å². The van der Waals surface area contributed by atoms with Crippen molar-refractivity contribution >= 4 is 17.5 Å². The Hall–Kier alpha value is -3.59. The predicted octanol–water partition coefficient (Wildman–Crippen LogP) is 3.40. The molecule has 0 unspecified atom stereocenters. The summed E-state index contributed by atoms with van der Waals surface area (Å²) < 4.78 is 28.5. The highest BCUT2D eigenvalue weighted by molar-refractivity contribution is 5.99. The molecule has 9 heteroatoms. The van der Waals surface area contributed by atoms with Gasteiger partial charge in [0.15, 0.2) is 11.6 Å². The Bertz CT molecular complexity index is 1150. The van der Waals surface area contributed by atoms with Crippen molar-refractivity contribution in [1.29, 1.82) is 0 Å². The van der Waals surface area contributed by atoms with Gasteiger partial charge in [-0.15, -0.1) is 0 Å². The van der Waals surface area contributed by atoms with Crippen molar-refractivity contribution < 1.29 is 13.6 Å². The molecule has 1 amide bonds. The summed E-state index contributed by atoms with van der Waals surface area (Å²) in [6.45, 7) is 2.31. The van der Waals surface area contributed by atoms with Crippen LogP contribution < -0.4 is 21.3 Å². The fourth-order valence-electron chi connectivity index (χ4n) is 4.04. The van der Waals surface area contributed by atoms with Gasteiger partial charge in [-0.05, 0) is 54.7 Å². The molecule has 34 heavy (non-hydrogen) atoms. The number of anilines is 2. The maximum Gasteiger partial charge on any atom is 0.255 e. The van der Waals surface area contributed by atoms with Crippen LogP contribution in [0.2, 0.25) is 0 Å². The molecule has 1 aliphatic heterocycles. The van der Waals surface area contributed by atoms with E-state index in [2.05, 4.69) is 20.6 Å². The first-order valence-electron chi connectivity index (χ1n) is 11.4. The summed E-state index contributed by atoms with van der Waals surface area (Å²) in [5.74, 6) is -0.769. The third-order valence-corrected chi connectivity index (χ3v) is 5.82. The summed E-state index contributed by atoms with van der Waals surface area (Å²) in [5.41, 5.74) is 8.13. The summed E-state index contributed by atoms with van der Waals surface area (Å²) in [7, 11) is 0. The molecular formula is C25H28F2N6O. The maximum absolute atomic E-state index is 15.0. The van der Waals surface area contributed by atoms with E-state index in [0.29, 0.717) is 24.5 Å². The van der Waals surface area contributed by atoms with Crippen molar-refractivity contribution in [3.63, 3.8) is 0 Å². The minimum absolute atomic E-state index is 0.109. The summed E-state index contributed by atoms with van der Waals surface area (Å²) in [6.07, 6.45) is 4.11. The van der Waals surface area contributed by atoms with Gasteiger partial charge in [0.05, 0.1) is 11.3 Å². The van der Waals surface area contributed by atoms with Crippen molar-refractivity contribution in [1.82, 2.24) is 15.3 Å². The van der Waals surface area contributed by atoms with Gasteiger partial charge in [0.25, 0.3) is 5.91 Å². The lowest BCUT2D eigenvalue weighted by Gasteiger charge is -2.20. The molecule has 1 saturated heterocycles. The molecule has 7 nitrogen and oxygen atoms in total. The fraction of sp³-hybridized carbons (Fsp3) is 0.320. The predicted molar refractivity (Wildman–Crippen MR) is 128 cm³/mol. The monoisotopic (exact) mass is 466 g/mol. The zero-order chi connectivity index (χ0) is 23.9. The van der Waals surface area contributed by atoms with Crippen LogP contribution in [0.25, 0.3) is 0 Å². The summed E-state index contributed by atoms with van der Waals surface area (Å²) in [6, 6.07) is 11.2. The summed E-state index contributed by atoms with van der Waals surface area (Å²) >= 11 is 0. The maximum atomic E-state index is 15.0. The molecule has 0 aliphatic carbocycles. The van der Waals surface area contributed by atoms with Gasteiger partial charge >= 0.3 is 0 Å². The van der Waals surface area contributed by atoms with Crippen LogP contribution in [0.5, 0.6) is 0 Å². The molecule has 0 atom stereocenters. The number of hydrogen-bond donors (Lipinski definition) is 3. The van der Waals surface area contributed by atoms with Crippen molar-refractivity contribution in [2.45, 2.75) is 32.4 Å². The molecule has 3 aromatic rings. The van der Waals surface area contributed by atoms with E-state index in [1.165, 1.54) is 18.2 Å². The highest BCUT2D eigenvalue weighted by Crippen LogP contribution is 2.26. The normalized spacial score (nSPS) is 13.2. The number of rotatable bonds is 9. The van der Waals surface area contributed by atoms with E-state index in [-0.39, 0.29) is 30.3 Å². The minimum atomic E-state index is -0.535. The molecular weight excluding hydrogens is 438 g/mol. The molecule has 1 aromatic carbocycles. The molecule has 178 valence electrons. The first-order valence-corrected chi connectivity index (χ1v) is 11.4. The second kappa shape index (κ2) is 11.0. The minimum Gasteiger partial charge on any atom is -0.369 e. The van der Waals surface area contributed by atoms with Crippen LogP contribution in [0.3, 0.4) is 0 Å². The van der Waals surface area contributed by atoms with Gasteiger partial charge in [-0.3, -0.25) is 9.78 Å². The molecule has 0 bridgehead atoms. The number of benzene rings is 1. The molecule has 0 radical (unpaired) electrons. The lowest BCUT2D eigenvalue weighted by molar-refractivity contribution is 0.0951. The fourth-order valence-corrected chi connectivity index (χ4v) is 4.04. The van der Waals surface area contributed by atoms with Crippen LogP contribution in [0.4, 0.5) is 20.4 Å².